The molecule has 8 heteroatoms. The smallest absolute Gasteiger partial charge is 0.335 e. The predicted molar refractivity (Wildman–Crippen MR) is 63.5 cm³/mol. The second kappa shape index (κ2) is 4.77. The van der Waals surface area contributed by atoms with Crippen LogP contribution in [-0.2, 0) is 0 Å². The van der Waals surface area contributed by atoms with Crippen molar-refractivity contribution >= 4 is 11.7 Å². The van der Waals surface area contributed by atoms with Crippen LogP contribution in [0.5, 0.6) is 11.6 Å². The zero-order chi connectivity index (χ0) is 14.0. The lowest BCUT2D eigenvalue weighted by Gasteiger charge is -2.04. The largest absolute Gasteiger partial charge is 0.478 e. The summed E-state index contributed by atoms with van der Waals surface area (Å²) in [5, 5.41) is 26.1. The van der Waals surface area contributed by atoms with Gasteiger partial charge in [-0.15, -0.1) is 5.10 Å². The fourth-order valence-corrected chi connectivity index (χ4v) is 1.44. The number of rotatable bonds is 4. The Morgan fingerprint density at radius 2 is 2.21 bits per heavy atom. The van der Waals surface area contributed by atoms with E-state index in [4.69, 9.17) is 9.84 Å². The molecule has 1 aromatic heterocycles. The number of benzene rings is 1. The van der Waals surface area contributed by atoms with Gasteiger partial charge in [-0.3, -0.25) is 15.2 Å². The molecule has 1 aromatic carbocycles. The van der Waals surface area contributed by atoms with E-state index in [1.807, 2.05) is 0 Å². The third-order valence-electron chi connectivity index (χ3n) is 2.30. The first-order chi connectivity index (χ1) is 8.97. The maximum absolute atomic E-state index is 10.8. The van der Waals surface area contributed by atoms with Crippen molar-refractivity contribution < 1.29 is 19.6 Å². The van der Waals surface area contributed by atoms with Crippen LogP contribution in [0.25, 0.3) is 0 Å². The Kier molecular flexibility index (Phi) is 3.15. The van der Waals surface area contributed by atoms with E-state index < -0.39 is 10.9 Å². The number of hydrogen-bond acceptors (Lipinski definition) is 5. The SMILES string of the molecule is Cc1cc(Oc2cc(C(=O)O)ccc2[N+](=O)[O-])n[nH]1. The van der Waals surface area contributed by atoms with Crippen molar-refractivity contribution in [3.63, 3.8) is 0 Å². The van der Waals surface area contributed by atoms with Crippen molar-refractivity contribution in [2.45, 2.75) is 6.92 Å². The number of aromatic nitrogens is 2. The molecule has 2 rings (SSSR count). The summed E-state index contributed by atoms with van der Waals surface area (Å²) >= 11 is 0. The Hall–Kier alpha value is -2.90. The lowest BCUT2D eigenvalue weighted by molar-refractivity contribution is -0.385. The van der Waals surface area contributed by atoms with Gasteiger partial charge in [-0.25, -0.2) is 4.79 Å². The average molecular weight is 263 g/mol. The second-order valence-electron chi connectivity index (χ2n) is 3.74. The molecule has 0 amide bonds. The van der Waals surface area contributed by atoms with Crippen LogP contribution in [0.4, 0.5) is 5.69 Å². The van der Waals surface area contributed by atoms with Crippen molar-refractivity contribution in [2.24, 2.45) is 0 Å². The molecular formula is C11H9N3O5. The first-order valence-corrected chi connectivity index (χ1v) is 5.19. The molecule has 2 N–H and O–H groups in total. The van der Waals surface area contributed by atoms with E-state index in [2.05, 4.69) is 10.2 Å². The summed E-state index contributed by atoms with van der Waals surface area (Å²) in [6, 6.07) is 4.85. The standard InChI is InChI=1S/C11H9N3O5/c1-6-4-10(13-12-6)19-9-5-7(11(15)16)2-3-8(9)14(17)18/h2-5H,1H3,(H,12,13)(H,15,16). The zero-order valence-electron chi connectivity index (χ0n) is 9.78. The van der Waals surface area contributed by atoms with Gasteiger partial charge in [0.15, 0.2) is 0 Å². The number of aromatic carboxylic acids is 1. The zero-order valence-corrected chi connectivity index (χ0v) is 9.78. The van der Waals surface area contributed by atoms with Crippen LogP contribution < -0.4 is 4.74 Å². The number of nitro benzene ring substituents is 1. The number of carboxylic acid groups (broad SMARTS) is 1. The summed E-state index contributed by atoms with van der Waals surface area (Å²) in [6.45, 7) is 1.74. The monoisotopic (exact) mass is 263 g/mol. The molecular weight excluding hydrogens is 254 g/mol. The maximum atomic E-state index is 10.8. The second-order valence-corrected chi connectivity index (χ2v) is 3.74. The fourth-order valence-electron chi connectivity index (χ4n) is 1.44. The van der Waals surface area contributed by atoms with Gasteiger partial charge in [-0.1, -0.05) is 0 Å². The lowest BCUT2D eigenvalue weighted by Crippen LogP contribution is -1.99. The summed E-state index contributed by atoms with van der Waals surface area (Å²) in [5.74, 6) is -1.24. The molecule has 0 aliphatic heterocycles. The molecule has 0 atom stereocenters. The van der Waals surface area contributed by atoms with Gasteiger partial charge >= 0.3 is 11.7 Å². The quantitative estimate of drug-likeness (QED) is 0.644. The summed E-state index contributed by atoms with van der Waals surface area (Å²) in [4.78, 5) is 21.0. The highest BCUT2D eigenvalue weighted by Crippen LogP contribution is 2.31. The van der Waals surface area contributed by atoms with Gasteiger partial charge in [0.25, 0.3) is 0 Å². The van der Waals surface area contributed by atoms with Crippen molar-refractivity contribution in [1.29, 1.82) is 0 Å². The van der Waals surface area contributed by atoms with Crippen molar-refractivity contribution in [1.82, 2.24) is 10.2 Å². The molecule has 0 aliphatic rings. The van der Waals surface area contributed by atoms with Gasteiger partial charge < -0.3 is 9.84 Å². The van der Waals surface area contributed by atoms with Crippen LogP contribution >= 0.6 is 0 Å². The van der Waals surface area contributed by atoms with Crippen molar-refractivity contribution in [3.8, 4) is 11.6 Å². The van der Waals surface area contributed by atoms with Crippen LogP contribution in [-0.4, -0.2) is 26.2 Å². The summed E-state index contributed by atoms with van der Waals surface area (Å²) in [7, 11) is 0. The Bertz CT molecular complexity index is 650. The number of nitro groups is 1. The van der Waals surface area contributed by atoms with Gasteiger partial charge in [-0.05, 0) is 13.0 Å². The number of carboxylic acids is 1. The van der Waals surface area contributed by atoms with Crippen LogP contribution in [0.15, 0.2) is 24.3 Å². The van der Waals surface area contributed by atoms with E-state index in [1.165, 1.54) is 6.07 Å². The predicted octanol–water partition coefficient (Wildman–Crippen LogP) is 2.12. The number of H-pyrrole nitrogens is 1. The first-order valence-electron chi connectivity index (χ1n) is 5.19. The van der Waals surface area contributed by atoms with Crippen LogP contribution in [0.1, 0.15) is 16.1 Å². The molecule has 0 radical (unpaired) electrons. The van der Waals surface area contributed by atoms with Crippen LogP contribution in [0.3, 0.4) is 0 Å². The molecule has 0 saturated carbocycles. The Balaban J connectivity index is 2.42. The number of nitrogens with zero attached hydrogens (tertiary/aromatic N) is 2. The number of hydrogen-bond donors (Lipinski definition) is 2. The number of carbonyl (C=O) groups is 1. The molecule has 0 aliphatic carbocycles. The third-order valence-corrected chi connectivity index (χ3v) is 2.30. The molecule has 0 bridgehead atoms. The molecule has 98 valence electrons. The summed E-state index contributed by atoms with van der Waals surface area (Å²) in [5.41, 5.74) is 0.283. The van der Waals surface area contributed by atoms with E-state index in [-0.39, 0.29) is 22.9 Å². The minimum Gasteiger partial charge on any atom is -0.478 e. The molecule has 0 unspecified atom stereocenters. The normalized spacial score (nSPS) is 10.2. The molecule has 0 saturated heterocycles. The molecule has 1 heterocycles. The van der Waals surface area contributed by atoms with Crippen LogP contribution in [0.2, 0.25) is 0 Å². The maximum Gasteiger partial charge on any atom is 0.335 e. The van der Waals surface area contributed by atoms with Gasteiger partial charge in [-0.2, -0.15) is 0 Å². The Morgan fingerprint density at radius 1 is 1.47 bits per heavy atom. The number of aromatic amines is 1. The van der Waals surface area contributed by atoms with E-state index in [0.29, 0.717) is 5.69 Å². The molecule has 8 nitrogen and oxygen atoms in total. The van der Waals surface area contributed by atoms with Crippen molar-refractivity contribution in [3.05, 3.63) is 45.6 Å². The Labute approximate surface area is 106 Å². The third kappa shape index (κ3) is 2.68. The summed E-state index contributed by atoms with van der Waals surface area (Å²) < 4.78 is 5.24. The highest BCUT2D eigenvalue weighted by atomic mass is 16.6. The minimum absolute atomic E-state index is 0.104. The van der Waals surface area contributed by atoms with Crippen LogP contribution in [0, 0.1) is 17.0 Å². The summed E-state index contributed by atoms with van der Waals surface area (Å²) in [6.07, 6.45) is 0. The molecule has 2 aromatic rings. The fraction of sp³-hybridized carbons (Fsp3) is 0.0909. The van der Waals surface area contributed by atoms with E-state index >= 15 is 0 Å². The van der Waals surface area contributed by atoms with E-state index in [1.54, 1.807) is 6.92 Å². The number of aryl methyl sites for hydroxylation is 1. The van der Waals surface area contributed by atoms with Gasteiger partial charge in [0, 0.05) is 23.9 Å². The molecule has 19 heavy (non-hydrogen) atoms. The minimum atomic E-state index is -1.20. The topological polar surface area (TPSA) is 118 Å². The number of ether oxygens (including phenoxy) is 1. The molecule has 0 fully saturated rings. The lowest BCUT2D eigenvalue weighted by atomic mass is 10.2. The van der Waals surface area contributed by atoms with Crippen molar-refractivity contribution in [2.75, 3.05) is 0 Å². The highest BCUT2D eigenvalue weighted by Gasteiger charge is 2.19. The van der Waals surface area contributed by atoms with Gasteiger partial charge in [0.1, 0.15) is 0 Å². The first kappa shape index (κ1) is 12.6. The van der Waals surface area contributed by atoms with Gasteiger partial charge in [0.2, 0.25) is 11.6 Å². The van der Waals surface area contributed by atoms with Gasteiger partial charge in [0.05, 0.1) is 10.5 Å². The van der Waals surface area contributed by atoms with E-state index in [0.717, 1.165) is 18.2 Å². The molecule has 0 spiro atoms. The Morgan fingerprint density at radius 3 is 2.74 bits per heavy atom. The average Bonchev–Trinajstić information content (AvgIpc) is 2.74. The highest BCUT2D eigenvalue weighted by molar-refractivity contribution is 5.88. The van der Waals surface area contributed by atoms with E-state index in [9.17, 15) is 14.9 Å². The number of nitrogens with one attached hydrogen (secondary N) is 1.